The van der Waals surface area contributed by atoms with Gasteiger partial charge in [-0.3, -0.25) is 0 Å². The van der Waals surface area contributed by atoms with Crippen molar-refractivity contribution in [3.05, 3.63) is 65.4 Å². The quantitative estimate of drug-likeness (QED) is 0.281. The maximum absolute atomic E-state index is 13.3. The van der Waals surface area contributed by atoms with Gasteiger partial charge in [-0.1, -0.05) is 39.2 Å². The highest BCUT2D eigenvalue weighted by Crippen LogP contribution is 2.39. The van der Waals surface area contributed by atoms with E-state index in [2.05, 4.69) is 29.4 Å². The summed E-state index contributed by atoms with van der Waals surface area (Å²) in [5, 5.41) is 15.6. The average Bonchev–Trinajstić information content (AvgIpc) is 3.18. The molecule has 38 heavy (non-hydrogen) atoms. The summed E-state index contributed by atoms with van der Waals surface area (Å²) in [6.07, 6.45) is 5.73. The van der Waals surface area contributed by atoms with Gasteiger partial charge in [0, 0.05) is 23.8 Å². The molecule has 1 saturated carbocycles. The van der Waals surface area contributed by atoms with Gasteiger partial charge in [-0.25, -0.2) is 14.0 Å². The number of aromatic carboxylic acids is 1. The monoisotopic (exact) mass is 521 g/mol. The molecule has 0 bridgehead atoms. The van der Waals surface area contributed by atoms with Gasteiger partial charge in [-0.15, -0.1) is 0 Å². The lowest BCUT2D eigenvalue weighted by Crippen LogP contribution is -2.40. The third-order valence-electron chi connectivity index (χ3n) is 7.00. The Labute approximate surface area is 223 Å². The number of halogens is 1. The summed E-state index contributed by atoms with van der Waals surface area (Å²) in [5.74, 6) is -0.217. The van der Waals surface area contributed by atoms with Crippen molar-refractivity contribution in [2.24, 2.45) is 5.92 Å². The summed E-state index contributed by atoms with van der Waals surface area (Å²) in [7, 11) is 0. The van der Waals surface area contributed by atoms with Crippen molar-refractivity contribution in [3.63, 3.8) is 0 Å². The lowest BCUT2D eigenvalue weighted by Gasteiger charge is -2.38. The van der Waals surface area contributed by atoms with Gasteiger partial charge in [0.2, 0.25) is 0 Å². The Morgan fingerprint density at radius 2 is 1.71 bits per heavy atom. The summed E-state index contributed by atoms with van der Waals surface area (Å²) >= 11 is 0. The molecule has 1 heterocycles. The van der Waals surface area contributed by atoms with E-state index in [0.29, 0.717) is 46.0 Å². The van der Waals surface area contributed by atoms with E-state index >= 15 is 0 Å². The Bertz CT molecular complexity index is 1290. The number of nitrogens with one attached hydrogen (secondary N) is 2. The van der Waals surface area contributed by atoms with Crippen LogP contribution in [0.4, 0.5) is 26.2 Å². The van der Waals surface area contributed by atoms with Crippen LogP contribution in [0.1, 0.15) is 67.8 Å². The van der Waals surface area contributed by atoms with Crippen LogP contribution in [0.2, 0.25) is 0 Å². The minimum atomic E-state index is -1.06. The Morgan fingerprint density at radius 1 is 1.03 bits per heavy atom. The van der Waals surface area contributed by atoms with Crippen LogP contribution in [0.3, 0.4) is 0 Å². The molecule has 0 radical (unpaired) electrons. The second-order valence-corrected chi connectivity index (χ2v) is 10.4. The first-order valence-electron chi connectivity index (χ1n) is 13.2. The van der Waals surface area contributed by atoms with Crippen LogP contribution >= 0.6 is 0 Å². The fourth-order valence-electron chi connectivity index (χ4n) is 5.38. The minimum Gasteiger partial charge on any atom is -0.478 e. The van der Waals surface area contributed by atoms with Crippen molar-refractivity contribution >= 4 is 29.1 Å². The molecule has 0 saturated heterocycles. The number of urea groups is 1. The fourth-order valence-corrected chi connectivity index (χ4v) is 5.38. The maximum Gasteiger partial charge on any atom is 0.339 e. The molecule has 1 fully saturated rings. The van der Waals surface area contributed by atoms with Crippen LogP contribution in [0.15, 0.2) is 46.9 Å². The molecular formula is C30H36FN3O4. The lowest BCUT2D eigenvalue weighted by atomic mass is 9.92. The van der Waals surface area contributed by atoms with Crippen molar-refractivity contribution in [1.29, 1.82) is 0 Å². The topological polar surface area (TPSA) is 94.8 Å². The molecule has 2 aromatic carbocycles. The van der Waals surface area contributed by atoms with Crippen LogP contribution in [-0.2, 0) is 0 Å². The first-order chi connectivity index (χ1) is 18.1. The highest BCUT2D eigenvalue weighted by Gasteiger charge is 2.27. The SMILES string of the molecule is Cc1oc(C)c(-c2ccc(N(CC(C)C)C3CCCCC3)c(NC(=O)Nc3ccc(F)cc3)c2)c1C(=O)O. The third-order valence-corrected chi connectivity index (χ3v) is 7.00. The van der Waals surface area contributed by atoms with Gasteiger partial charge in [0.15, 0.2) is 0 Å². The van der Waals surface area contributed by atoms with E-state index in [-0.39, 0.29) is 11.4 Å². The van der Waals surface area contributed by atoms with Gasteiger partial charge in [0.1, 0.15) is 22.9 Å². The molecule has 0 atom stereocenters. The standard InChI is InChI=1S/C30H36FN3O4/c1-18(2)17-34(24-8-6-5-7-9-24)26-15-10-21(27-19(3)38-20(4)28(27)29(35)36)16-25(26)33-30(37)32-23-13-11-22(31)12-14-23/h10-16,18,24H,5-9,17H2,1-4H3,(H,35,36)(H2,32,33,37). The number of hydrogen-bond donors (Lipinski definition) is 3. The van der Waals surface area contributed by atoms with E-state index in [0.717, 1.165) is 25.1 Å². The summed E-state index contributed by atoms with van der Waals surface area (Å²) < 4.78 is 19.0. The number of benzene rings is 2. The maximum atomic E-state index is 13.3. The number of hydrogen-bond acceptors (Lipinski definition) is 4. The predicted octanol–water partition coefficient (Wildman–Crippen LogP) is 7.84. The number of carbonyl (C=O) groups is 2. The van der Waals surface area contributed by atoms with E-state index in [1.165, 1.54) is 43.5 Å². The van der Waals surface area contributed by atoms with E-state index in [9.17, 15) is 19.1 Å². The molecule has 4 rings (SSSR count). The van der Waals surface area contributed by atoms with Gasteiger partial charge >= 0.3 is 12.0 Å². The van der Waals surface area contributed by atoms with Crippen molar-refractivity contribution in [2.75, 3.05) is 22.1 Å². The molecule has 1 aliphatic carbocycles. The minimum absolute atomic E-state index is 0.114. The van der Waals surface area contributed by atoms with Gasteiger partial charge in [0.25, 0.3) is 0 Å². The number of amides is 2. The average molecular weight is 522 g/mol. The van der Waals surface area contributed by atoms with Crippen LogP contribution in [0.25, 0.3) is 11.1 Å². The van der Waals surface area contributed by atoms with E-state index < -0.39 is 12.0 Å². The Balaban J connectivity index is 1.77. The summed E-state index contributed by atoms with van der Waals surface area (Å²) in [6.45, 7) is 8.55. The summed E-state index contributed by atoms with van der Waals surface area (Å²) in [6, 6.07) is 11.1. The van der Waals surface area contributed by atoms with Gasteiger partial charge in [-0.05, 0) is 74.6 Å². The molecule has 1 aliphatic rings. The molecular weight excluding hydrogens is 485 g/mol. The molecule has 1 aromatic heterocycles. The van der Waals surface area contributed by atoms with Crippen LogP contribution in [-0.4, -0.2) is 29.7 Å². The van der Waals surface area contributed by atoms with E-state index in [1.54, 1.807) is 13.8 Å². The van der Waals surface area contributed by atoms with Crippen LogP contribution in [0, 0.1) is 25.6 Å². The molecule has 202 valence electrons. The fraction of sp³-hybridized carbons (Fsp3) is 0.400. The third kappa shape index (κ3) is 6.18. The number of furan rings is 1. The number of nitrogens with zero attached hydrogens (tertiary/aromatic N) is 1. The van der Waals surface area contributed by atoms with Gasteiger partial charge < -0.3 is 25.1 Å². The Hall–Kier alpha value is -3.81. The highest BCUT2D eigenvalue weighted by molar-refractivity contribution is 6.03. The number of aryl methyl sites for hydroxylation is 2. The number of rotatable bonds is 8. The second kappa shape index (κ2) is 11.7. The number of anilines is 3. The van der Waals surface area contributed by atoms with E-state index in [4.69, 9.17) is 4.42 Å². The largest absolute Gasteiger partial charge is 0.478 e. The van der Waals surface area contributed by atoms with Crippen molar-refractivity contribution in [2.45, 2.75) is 65.8 Å². The second-order valence-electron chi connectivity index (χ2n) is 10.4. The number of carboxylic acid groups (broad SMARTS) is 1. The van der Waals surface area contributed by atoms with Crippen molar-refractivity contribution < 1.29 is 23.5 Å². The predicted molar refractivity (Wildman–Crippen MR) is 149 cm³/mol. The first-order valence-corrected chi connectivity index (χ1v) is 13.2. The lowest BCUT2D eigenvalue weighted by molar-refractivity contribution is 0.0695. The summed E-state index contributed by atoms with van der Waals surface area (Å²) in [4.78, 5) is 27.5. The van der Waals surface area contributed by atoms with Gasteiger partial charge in [-0.2, -0.15) is 0 Å². The molecule has 0 aliphatic heterocycles. The molecule has 8 heteroatoms. The van der Waals surface area contributed by atoms with Crippen molar-refractivity contribution in [3.8, 4) is 11.1 Å². The number of carbonyl (C=O) groups excluding carboxylic acids is 1. The smallest absolute Gasteiger partial charge is 0.339 e. The van der Waals surface area contributed by atoms with Crippen LogP contribution in [0.5, 0.6) is 0 Å². The van der Waals surface area contributed by atoms with Gasteiger partial charge in [0.05, 0.1) is 11.4 Å². The Morgan fingerprint density at radius 3 is 2.34 bits per heavy atom. The highest BCUT2D eigenvalue weighted by atomic mass is 19.1. The zero-order valence-corrected chi connectivity index (χ0v) is 22.4. The molecule has 0 unspecified atom stereocenters. The Kier molecular flexibility index (Phi) is 8.39. The normalized spacial score (nSPS) is 13.9. The molecule has 7 nitrogen and oxygen atoms in total. The van der Waals surface area contributed by atoms with E-state index in [1.807, 2.05) is 18.2 Å². The molecule has 3 N–H and O–H groups in total. The number of carboxylic acids is 1. The molecule has 3 aromatic rings. The van der Waals surface area contributed by atoms with Crippen molar-refractivity contribution in [1.82, 2.24) is 0 Å². The zero-order valence-electron chi connectivity index (χ0n) is 22.4. The van der Waals surface area contributed by atoms with Crippen LogP contribution < -0.4 is 15.5 Å². The summed E-state index contributed by atoms with van der Waals surface area (Å²) in [5.41, 5.74) is 3.18. The molecule has 0 spiro atoms. The molecule has 2 amide bonds. The first kappa shape index (κ1) is 27.2. The zero-order chi connectivity index (χ0) is 27.4.